The van der Waals surface area contributed by atoms with Gasteiger partial charge in [0.25, 0.3) is 0 Å². The molecule has 136 valence electrons. The maximum absolute atomic E-state index is 11.9. The maximum atomic E-state index is 11.9. The summed E-state index contributed by atoms with van der Waals surface area (Å²) in [6.07, 6.45) is 1.09. The molecular formula is C17H18N4O5. The van der Waals surface area contributed by atoms with E-state index in [1.54, 1.807) is 0 Å². The zero-order valence-corrected chi connectivity index (χ0v) is 14.3. The Morgan fingerprint density at radius 1 is 1.19 bits per heavy atom. The summed E-state index contributed by atoms with van der Waals surface area (Å²) in [7, 11) is 0. The molecule has 2 aromatic rings. The fourth-order valence-electron chi connectivity index (χ4n) is 2.13. The first-order valence-electron chi connectivity index (χ1n) is 7.78. The highest BCUT2D eigenvalue weighted by molar-refractivity contribution is 5.94. The smallest absolute Gasteiger partial charge is 0.400 e. The van der Waals surface area contributed by atoms with Crippen LogP contribution in [0.4, 0.5) is 11.6 Å². The van der Waals surface area contributed by atoms with E-state index in [1.165, 1.54) is 12.1 Å². The molecule has 1 aromatic carbocycles. The Morgan fingerprint density at radius 2 is 1.92 bits per heavy atom. The van der Waals surface area contributed by atoms with Gasteiger partial charge in [-0.2, -0.15) is 5.10 Å². The molecule has 9 nitrogen and oxygen atoms in total. The van der Waals surface area contributed by atoms with Crippen LogP contribution in [0.15, 0.2) is 39.9 Å². The van der Waals surface area contributed by atoms with Gasteiger partial charge in [-0.25, -0.2) is 5.43 Å². The number of amides is 2. The van der Waals surface area contributed by atoms with Crippen molar-refractivity contribution < 1.29 is 18.9 Å². The average Bonchev–Trinajstić information content (AvgIpc) is 3.05. The largest absolute Gasteiger partial charge is 0.433 e. The Balaban J connectivity index is 1.76. The number of nitro groups is 1. The molecule has 0 aliphatic carbocycles. The number of hydrazone groups is 1. The van der Waals surface area contributed by atoms with Crippen molar-refractivity contribution in [2.24, 2.45) is 5.10 Å². The van der Waals surface area contributed by atoms with E-state index in [4.69, 9.17) is 4.42 Å². The number of nitrogens with zero attached hydrogens (tertiary/aromatic N) is 2. The fraction of sp³-hybridized carbons (Fsp3) is 0.235. The van der Waals surface area contributed by atoms with E-state index in [0.29, 0.717) is 5.69 Å². The molecule has 0 saturated carbocycles. The lowest BCUT2D eigenvalue weighted by atomic mass is 10.1. The summed E-state index contributed by atoms with van der Waals surface area (Å²) in [4.78, 5) is 33.4. The Labute approximate surface area is 149 Å². The summed E-state index contributed by atoms with van der Waals surface area (Å²) in [6.45, 7) is 3.85. The molecule has 0 bridgehead atoms. The Hall–Kier alpha value is -3.49. The highest BCUT2D eigenvalue weighted by Gasteiger charge is 2.11. The molecular weight excluding hydrogens is 340 g/mol. The highest BCUT2D eigenvalue weighted by atomic mass is 16.6. The number of nitrogens with one attached hydrogen (secondary N) is 2. The van der Waals surface area contributed by atoms with Crippen molar-refractivity contribution in [3.8, 4) is 0 Å². The van der Waals surface area contributed by atoms with Gasteiger partial charge in [0.05, 0.1) is 12.3 Å². The predicted octanol–water partition coefficient (Wildman–Crippen LogP) is 2.67. The Bertz CT molecular complexity index is 857. The van der Waals surface area contributed by atoms with Gasteiger partial charge < -0.3 is 9.73 Å². The van der Waals surface area contributed by atoms with E-state index in [2.05, 4.69) is 15.8 Å². The molecule has 0 saturated heterocycles. The van der Waals surface area contributed by atoms with Gasteiger partial charge in [-0.05, 0) is 31.5 Å². The molecule has 2 rings (SSSR count). The molecule has 0 aliphatic heterocycles. The van der Waals surface area contributed by atoms with E-state index >= 15 is 0 Å². The first-order chi connectivity index (χ1) is 12.3. The zero-order chi connectivity index (χ0) is 19.1. The maximum Gasteiger partial charge on any atom is 0.433 e. The summed E-state index contributed by atoms with van der Waals surface area (Å²) < 4.78 is 4.85. The van der Waals surface area contributed by atoms with Crippen LogP contribution in [0.25, 0.3) is 0 Å². The molecule has 2 N–H and O–H groups in total. The summed E-state index contributed by atoms with van der Waals surface area (Å²) in [5.41, 5.74) is 4.98. The third-order valence-corrected chi connectivity index (χ3v) is 3.41. The number of anilines is 1. The van der Waals surface area contributed by atoms with Gasteiger partial charge in [0.1, 0.15) is 4.92 Å². The van der Waals surface area contributed by atoms with Gasteiger partial charge in [-0.1, -0.05) is 17.7 Å². The highest BCUT2D eigenvalue weighted by Crippen LogP contribution is 2.16. The molecule has 0 spiro atoms. The van der Waals surface area contributed by atoms with E-state index in [1.807, 2.05) is 32.0 Å². The van der Waals surface area contributed by atoms with Crippen LogP contribution in [-0.4, -0.2) is 23.0 Å². The second-order valence-corrected chi connectivity index (χ2v) is 5.59. The van der Waals surface area contributed by atoms with Crippen LogP contribution in [0, 0.1) is 24.0 Å². The van der Waals surface area contributed by atoms with Crippen molar-refractivity contribution in [2.75, 3.05) is 5.32 Å². The molecule has 0 aliphatic rings. The number of hydrogen-bond donors (Lipinski definition) is 2. The van der Waals surface area contributed by atoms with Crippen molar-refractivity contribution in [2.45, 2.75) is 26.7 Å². The first kappa shape index (κ1) is 18.8. The third kappa shape index (κ3) is 5.55. The van der Waals surface area contributed by atoms with E-state index in [-0.39, 0.29) is 24.5 Å². The van der Waals surface area contributed by atoms with E-state index in [0.717, 1.165) is 17.3 Å². The quantitative estimate of drug-likeness (QED) is 0.447. The predicted molar refractivity (Wildman–Crippen MR) is 94.9 cm³/mol. The van der Waals surface area contributed by atoms with Gasteiger partial charge in [0.2, 0.25) is 11.8 Å². The minimum absolute atomic E-state index is 0.000886. The lowest BCUT2D eigenvalue weighted by Gasteiger charge is -2.08. The molecule has 26 heavy (non-hydrogen) atoms. The van der Waals surface area contributed by atoms with E-state index < -0.39 is 16.7 Å². The second kappa shape index (κ2) is 8.56. The number of hydrogen-bond acceptors (Lipinski definition) is 6. The number of rotatable bonds is 7. The standard InChI is InChI=1S/C17H18N4O5/c1-11-3-5-14(12(2)9-11)19-15(22)6-7-16(23)20-18-10-13-4-8-17(26-13)21(24)25/h3-5,8-10H,6-7H2,1-2H3,(H,19,22)(H,20,23). The number of aryl methyl sites for hydroxylation is 2. The number of carbonyl (C=O) groups is 2. The minimum atomic E-state index is -0.676. The van der Waals surface area contributed by atoms with Gasteiger partial charge in [0.15, 0.2) is 5.76 Å². The van der Waals surface area contributed by atoms with Gasteiger partial charge in [-0.3, -0.25) is 19.7 Å². The van der Waals surface area contributed by atoms with Crippen molar-refractivity contribution in [1.82, 2.24) is 5.43 Å². The minimum Gasteiger partial charge on any atom is -0.400 e. The van der Waals surface area contributed by atoms with Crippen molar-refractivity contribution in [3.63, 3.8) is 0 Å². The van der Waals surface area contributed by atoms with Crippen molar-refractivity contribution >= 4 is 29.6 Å². The summed E-state index contributed by atoms with van der Waals surface area (Å²) >= 11 is 0. The average molecular weight is 358 g/mol. The topological polar surface area (TPSA) is 127 Å². The molecule has 0 atom stereocenters. The van der Waals surface area contributed by atoms with Crippen LogP contribution in [0.5, 0.6) is 0 Å². The fourth-order valence-corrected chi connectivity index (χ4v) is 2.13. The summed E-state index contributed by atoms with van der Waals surface area (Å²) in [5, 5.41) is 16.9. The molecule has 1 aromatic heterocycles. The molecule has 0 fully saturated rings. The van der Waals surface area contributed by atoms with E-state index in [9.17, 15) is 19.7 Å². The van der Waals surface area contributed by atoms with Crippen molar-refractivity contribution in [1.29, 1.82) is 0 Å². The first-order valence-corrected chi connectivity index (χ1v) is 7.78. The van der Waals surface area contributed by atoms with Gasteiger partial charge in [-0.15, -0.1) is 0 Å². The number of carbonyl (C=O) groups excluding carboxylic acids is 2. The normalized spacial score (nSPS) is 10.7. The molecule has 0 radical (unpaired) electrons. The summed E-state index contributed by atoms with van der Waals surface area (Å²) in [5.74, 6) is -1.03. The lowest BCUT2D eigenvalue weighted by molar-refractivity contribution is -0.402. The van der Waals surface area contributed by atoms with Crippen LogP contribution in [0.2, 0.25) is 0 Å². The van der Waals surface area contributed by atoms with Gasteiger partial charge in [0, 0.05) is 18.5 Å². The zero-order valence-electron chi connectivity index (χ0n) is 14.3. The lowest BCUT2D eigenvalue weighted by Crippen LogP contribution is -2.20. The van der Waals surface area contributed by atoms with Crippen LogP contribution in [0.1, 0.15) is 29.7 Å². The number of benzene rings is 1. The third-order valence-electron chi connectivity index (χ3n) is 3.41. The van der Waals surface area contributed by atoms with Crippen LogP contribution < -0.4 is 10.7 Å². The molecule has 9 heteroatoms. The molecule has 2 amide bonds. The monoisotopic (exact) mass is 358 g/mol. The SMILES string of the molecule is Cc1ccc(NC(=O)CCC(=O)NN=Cc2ccc([N+](=O)[O-])o2)c(C)c1. The summed E-state index contributed by atoms with van der Waals surface area (Å²) in [6, 6.07) is 8.19. The van der Waals surface area contributed by atoms with Crippen LogP contribution >= 0.6 is 0 Å². The van der Waals surface area contributed by atoms with Gasteiger partial charge >= 0.3 is 5.88 Å². The van der Waals surface area contributed by atoms with Crippen molar-refractivity contribution in [3.05, 3.63) is 57.3 Å². The number of furan rings is 1. The van der Waals surface area contributed by atoms with Crippen LogP contribution in [0.3, 0.4) is 0 Å². The Kier molecular flexibility index (Phi) is 6.20. The molecule has 0 unspecified atom stereocenters. The second-order valence-electron chi connectivity index (χ2n) is 5.59. The van der Waals surface area contributed by atoms with Crippen LogP contribution in [-0.2, 0) is 9.59 Å². The molecule has 1 heterocycles. The Morgan fingerprint density at radius 3 is 2.58 bits per heavy atom.